The number of fused-ring (bicyclic) bond motifs is 7. The number of hydrogen-bond acceptors (Lipinski definition) is 2. The second-order valence-corrected chi connectivity index (χ2v) is 12.1. The summed E-state index contributed by atoms with van der Waals surface area (Å²) in [4.78, 5) is 0. The molecule has 0 radical (unpaired) electrons. The van der Waals surface area contributed by atoms with E-state index in [9.17, 15) is 0 Å². The van der Waals surface area contributed by atoms with Crippen molar-refractivity contribution in [3.63, 3.8) is 0 Å². The maximum absolute atomic E-state index is 6.42. The molecule has 0 bridgehead atoms. The quantitative estimate of drug-likeness (QED) is 0.172. The van der Waals surface area contributed by atoms with E-state index >= 15 is 0 Å². The average molecular weight is 508 g/mol. The molecule has 6 aromatic carbocycles. The highest BCUT2D eigenvalue weighted by Crippen LogP contribution is 2.44. The molecule has 1 aliphatic heterocycles. The van der Waals surface area contributed by atoms with Crippen LogP contribution in [0.2, 0.25) is 0 Å². The van der Waals surface area contributed by atoms with E-state index in [1.807, 2.05) is 0 Å². The summed E-state index contributed by atoms with van der Waals surface area (Å²) in [6.45, 7) is 12.9. The monoisotopic (exact) mass is 508 g/mol. The summed E-state index contributed by atoms with van der Waals surface area (Å²) in [6.07, 6.45) is 0. The van der Waals surface area contributed by atoms with Gasteiger partial charge in [-0.1, -0.05) is 91.0 Å². The summed E-state index contributed by atoms with van der Waals surface area (Å²) in [7, 11) is -0.388. The van der Waals surface area contributed by atoms with E-state index in [-0.39, 0.29) is 18.3 Å². The predicted octanol–water partition coefficient (Wildman–Crippen LogP) is 8.88. The zero-order valence-electron chi connectivity index (χ0n) is 23.6. The van der Waals surface area contributed by atoms with Gasteiger partial charge in [0.25, 0.3) is 0 Å². The van der Waals surface area contributed by atoms with E-state index in [0.717, 1.165) is 5.46 Å². The van der Waals surface area contributed by atoms with Gasteiger partial charge in [0.05, 0.1) is 11.2 Å². The van der Waals surface area contributed by atoms with Crippen molar-refractivity contribution in [2.24, 2.45) is 0 Å². The van der Waals surface area contributed by atoms with Gasteiger partial charge < -0.3 is 9.31 Å². The first kappa shape index (κ1) is 24.4. The van der Waals surface area contributed by atoms with E-state index in [1.165, 1.54) is 65.3 Å². The summed E-state index contributed by atoms with van der Waals surface area (Å²) < 4.78 is 12.8. The van der Waals surface area contributed by atoms with E-state index < -0.39 is 0 Å². The van der Waals surface area contributed by atoms with Crippen molar-refractivity contribution in [3.05, 3.63) is 102 Å². The van der Waals surface area contributed by atoms with Crippen LogP contribution in [0.3, 0.4) is 0 Å². The zero-order chi connectivity index (χ0) is 27.1. The molecule has 1 saturated heterocycles. The van der Waals surface area contributed by atoms with Gasteiger partial charge in [0.15, 0.2) is 0 Å². The Morgan fingerprint density at radius 1 is 0.513 bits per heavy atom. The van der Waals surface area contributed by atoms with Gasteiger partial charge in [0.1, 0.15) is 0 Å². The molecule has 1 fully saturated rings. The van der Waals surface area contributed by atoms with Gasteiger partial charge in [-0.25, -0.2) is 0 Å². The van der Waals surface area contributed by atoms with Crippen LogP contribution in [0.15, 0.2) is 91.0 Å². The summed E-state index contributed by atoms with van der Waals surface area (Å²) in [6, 6.07) is 33.4. The van der Waals surface area contributed by atoms with Crippen molar-refractivity contribution in [3.8, 4) is 11.1 Å². The third-order valence-electron chi connectivity index (χ3n) is 9.15. The third kappa shape index (κ3) is 3.57. The maximum atomic E-state index is 6.42. The minimum absolute atomic E-state index is 0.374. The molecule has 1 aliphatic rings. The second kappa shape index (κ2) is 8.42. The average Bonchev–Trinajstić information content (AvgIpc) is 3.15. The Bertz CT molecular complexity index is 1910. The van der Waals surface area contributed by atoms with Crippen LogP contribution in [0.25, 0.3) is 54.2 Å². The molecule has 0 N–H and O–H groups in total. The molecule has 0 unspecified atom stereocenters. The maximum Gasteiger partial charge on any atom is 0.494 e. The van der Waals surface area contributed by atoms with Crippen molar-refractivity contribution in [1.82, 2.24) is 0 Å². The fourth-order valence-electron chi connectivity index (χ4n) is 6.33. The Morgan fingerprint density at radius 3 is 1.79 bits per heavy atom. The van der Waals surface area contributed by atoms with Crippen LogP contribution in [-0.2, 0) is 9.31 Å². The van der Waals surface area contributed by atoms with Crippen molar-refractivity contribution in [2.75, 3.05) is 0 Å². The first-order chi connectivity index (χ1) is 18.7. The Balaban J connectivity index is 1.57. The molecule has 0 aromatic heterocycles. The largest absolute Gasteiger partial charge is 0.494 e. The Hall–Kier alpha value is -3.66. The van der Waals surface area contributed by atoms with Gasteiger partial charge in [0, 0.05) is 0 Å². The van der Waals surface area contributed by atoms with Crippen molar-refractivity contribution >= 4 is 55.7 Å². The molecule has 0 spiro atoms. The van der Waals surface area contributed by atoms with E-state index in [1.54, 1.807) is 0 Å². The van der Waals surface area contributed by atoms with E-state index in [4.69, 9.17) is 9.31 Å². The fraction of sp³-hybridized carbons (Fsp3) is 0.222. The summed E-state index contributed by atoms with van der Waals surface area (Å²) in [5, 5.41) is 10.2. The lowest BCUT2D eigenvalue weighted by atomic mass is 9.77. The lowest BCUT2D eigenvalue weighted by Gasteiger charge is -2.32. The Kier molecular flexibility index (Phi) is 5.27. The standard InChI is InChI=1S/C36H33BO2/c1-22-15-17-24-11-7-8-12-26(24)32(22)33-23(2)16-19-30-28-20-18-25(37-38-35(3,4)36(5,6)39-37)21-31(28)27-13-9-10-14-29(27)34(30)33/h7-21H,1-6H3. The highest BCUT2D eigenvalue weighted by Gasteiger charge is 2.51. The smallest absolute Gasteiger partial charge is 0.399 e. The molecule has 1 heterocycles. The summed E-state index contributed by atoms with van der Waals surface area (Å²) >= 11 is 0. The highest BCUT2D eigenvalue weighted by molar-refractivity contribution is 6.62. The van der Waals surface area contributed by atoms with E-state index in [0.29, 0.717) is 0 Å². The molecule has 6 aromatic rings. The number of aryl methyl sites for hydroxylation is 2. The number of benzene rings is 6. The lowest BCUT2D eigenvalue weighted by molar-refractivity contribution is 0.00578. The van der Waals surface area contributed by atoms with Crippen LogP contribution in [0.1, 0.15) is 38.8 Å². The molecule has 0 saturated carbocycles. The molecule has 2 nitrogen and oxygen atoms in total. The van der Waals surface area contributed by atoms with Crippen LogP contribution >= 0.6 is 0 Å². The number of hydrogen-bond donors (Lipinski definition) is 0. The molecule has 3 heteroatoms. The highest BCUT2D eigenvalue weighted by atomic mass is 16.7. The topological polar surface area (TPSA) is 18.5 Å². The molecule has 192 valence electrons. The molecular formula is C36H33BO2. The van der Waals surface area contributed by atoms with Gasteiger partial charge in [-0.3, -0.25) is 0 Å². The lowest BCUT2D eigenvalue weighted by Crippen LogP contribution is -2.41. The third-order valence-corrected chi connectivity index (χ3v) is 9.15. The van der Waals surface area contributed by atoms with Crippen LogP contribution in [0.4, 0.5) is 0 Å². The molecule has 0 aliphatic carbocycles. The minimum Gasteiger partial charge on any atom is -0.399 e. The molecule has 7 rings (SSSR count). The van der Waals surface area contributed by atoms with Gasteiger partial charge in [-0.15, -0.1) is 0 Å². The SMILES string of the molecule is Cc1ccc2ccccc2c1-c1c(C)ccc2c3ccc(B4OC(C)(C)C(C)(C)O4)cc3c3ccccc3c12. The van der Waals surface area contributed by atoms with Crippen LogP contribution < -0.4 is 5.46 Å². The minimum atomic E-state index is -0.388. The van der Waals surface area contributed by atoms with Crippen LogP contribution in [0.5, 0.6) is 0 Å². The first-order valence-corrected chi connectivity index (χ1v) is 13.9. The Morgan fingerprint density at radius 2 is 1.05 bits per heavy atom. The Labute approximate surface area is 230 Å². The molecule has 0 amide bonds. The van der Waals surface area contributed by atoms with Gasteiger partial charge >= 0.3 is 7.12 Å². The second-order valence-electron chi connectivity index (χ2n) is 12.1. The molecule has 0 atom stereocenters. The molecule has 39 heavy (non-hydrogen) atoms. The predicted molar refractivity (Wildman–Crippen MR) is 167 cm³/mol. The van der Waals surface area contributed by atoms with E-state index in [2.05, 4.69) is 133 Å². The van der Waals surface area contributed by atoms with Crippen LogP contribution in [0, 0.1) is 13.8 Å². The van der Waals surface area contributed by atoms with Crippen molar-refractivity contribution in [2.45, 2.75) is 52.7 Å². The fourth-order valence-corrected chi connectivity index (χ4v) is 6.33. The van der Waals surface area contributed by atoms with Crippen molar-refractivity contribution in [1.29, 1.82) is 0 Å². The van der Waals surface area contributed by atoms with Gasteiger partial charge in [-0.05, 0) is 112 Å². The van der Waals surface area contributed by atoms with Gasteiger partial charge in [0.2, 0.25) is 0 Å². The summed E-state index contributed by atoms with van der Waals surface area (Å²) in [5.41, 5.74) is 5.55. The van der Waals surface area contributed by atoms with Crippen LogP contribution in [-0.4, -0.2) is 18.3 Å². The normalized spacial score (nSPS) is 16.6. The van der Waals surface area contributed by atoms with Gasteiger partial charge in [-0.2, -0.15) is 0 Å². The van der Waals surface area contributed by atoms with Crippen molar-refractivity contribution < 1.29 is 9.31 Å². The first-order valence-electron chi connectivity index (χ1n) is 13.9. The zero-order valence-corrected chi connectivity index (χ0v) is 23.6. The summed E-state index contributed by atoms with van der Waals surface area (Å²) in [5.74, 6) is 0. The molecular weight excluding hydrogens is 475 g/mol. The number of rotatable bonds is 2.